The molecule has 1 aliphatic rings. The van der Waals surface area contributed by atoms with E-state index >= 15 is 0 Å². The fourth-order valence-corrected chi connectivity index (χ4v) is 4.13. The minimum atomic E-state index is 0.168. The molecular formula is C24H21N5. The molecule has 0 saturated heterocycles. The van der Waals surface area contributed by atoms with Crippen molar-refractivity contribution in [3.8, 4) is 12.1 Å². The maximum atomic E-state index is 9.74. The average Bonchev–Trinajstić information content (AvgIpc) is 3.18. The predicted octanol–water partition coefficient (Wildman–Crippen LogP) is 5.23. The van der Waals surface area contributed by atoms with E-state index in [4.69, 9.17) is 5.73 Å². The van der Waals surface area contributed by atoms with E-state index in [-0.39, 0.29) is 5.82 Å². The Labute approximate surface area is 170 Å². The summed E-state index contributed by atoms with van der Waals surface area (Å²) in [5.41, 5.74) is 13.0. The summed E-state index contributed by atoms with van der Waals surface area (Å²) >= 11 is 0. The summed E-state index contributed by atoms with van der Waals surface area (Å²) in [6, 6.07) is 13.0. The van der Waals surface area contributed by atoms with Gasteiger partial charge in [-0.2, -0.15) is 10.5 Å². The predicted molar refractivity (Wildman–Crippen MR) is 117 cm³/mol. The van der Waals surface area contributed by atoms with Gasteiger partial charge in [0.05, 0.1) is 16.8 Å². The van der Waals surface area contributed by atoms with Gasteiger partial charge in [-0.05, 0) is 56.5 Å². The SMILES string of the molecule is CC1=C(C#N)c2nc(N)c(C#N)c(C)c2/C1=C/c1cn(C(C)C)c2ccccc12. The fraction of sp³-hybridized carbons (Fsp3) is 0.208. The van der Waals surface area contributed by atoms with E-state index in [1.165, 1.54) is 5.52 Å². The molecule has 0 bridgehead atoms. The van der Waals surface area contributed by atoms with E-state index in [0.717, 1.165) is 33.2 Å². The Hall–Kier alpha value is -3.83. The molecule has 0 fully saturated rings. The highest BCUT2D eigenvalue weighted by molar-refractivity contribution is 6.10. The third-order valence-electron chi connectivity index (χ3n) is 5.61. The van der Waals surface area contributed by atoms with Crippen molar-refractivity contribution in [1.29, 1.82) is 10.5 Å². The number of nitriles is 2. The molecule has 3 aromatic rings. The molecule has 5 heteroatoms. The van der Waals surface area contributed by atoms with E-state index in [2.05, 4.69) is 59.9 Å². The number of hydrogen-bond acceptors (Lipinski definition) is 4. The molecule has 0 unspecified atom stereocenters. The van der Waals surface area contributed by atoms with Crippen LogP contribution in [0.2, 0.25) is 0 Å². The van der Waals surface area contributed by atoms with Gasteiger partial charge in [-0.1, -0.05) is 18.2 Å². The first-order valence-corrected chi connectivity index (χ1v) is 9.52. The first-order chi connectivity index (χ1) is 13.9. The van der Waals surface area contributed by atoms with Crippen LogP contribution in [-0.4, -0.2) is 9.55 Å². The molecule has 5 nitrogen and oxygen atoms in total. The van der Waals surface area contributed by atoms with Gasteiger partial charge >= 0.3 is 0 Å². The number of allylic oxidation sites excluding steroid dienone is 3. The molecule has 142 valence electrons. The lowest BCUT2D eigenvalue weighted by atomic mass is 9.95. The second-order valence-electron chi connectivity index (χ2n) is 7.60. The fourth-order valence-electron chi connectivity index (χ4n) is 4.13. The number of pyridine rings is 1. The molecule has 2 N–H and O–H groups in total. The smallest absolute Gasteiger partial charge is 0.142 e. The first kappa shape index (κ1) is 18.5. The van der Waals surface area contributed by atoms with E-state index in [9.17, 15) is 10.5 Å². The summed E-state index contributed by atoms with van der Waals surface area (Å²) in [6.07, 6.45) is 4.25. The van der Waals surface area contributed by atoms with Crippen LogP contribution in [0, 0.1) is 29.6 Å². The van der Waals surface area contributed by atoms with Crippen LogP contribution in [0.5, 0.6) is 0 Å². The van der Waals surface area contributed by atoms with Crippen LogP contribution in [0.15, 0.2) is 36.0 Å². The molecule has 29 heavy (non-hydrogen) atoms. The third kappa shape index (κ3) is 2.63. The summed E-state index contributed by atoms with van der Waals surface area (Å²) in [5, 5.41) is 20.4. The van der Waals surface area contributed by atoms with E-state index in [1.54, 1.807) is 0 Å². The number of rotatable bonds is 2. The molecule has 0 saturated carbocycles. The monoisotopic (exact) mass is 379 g/mol. The van der Waals surface area contributed by atoms with Gasteiger partial charge in [0.25, 0.3) is 0 Å². The van der Waals surface area contributed by atoms with Gasteiger partial charge in [0.2, 0.25) is 0 Å². The zero-order valence-electron chi connectivity index (χ0n) is 16.9. The molecule has 0 aliphatic heterocycles. The number of nitrogen functional groups attached to an aromatic ring is 1. The van der Waals surface area contributed by atoms with Gasteiger partial charge in [-0.25, -0.2) is 4.98 Å². The van der Waals surface area contributed by atoms with Crippen LogP contribution < -0.4 is 5.73 Å². The van der Waals surface area contributed by atoms with Gasteiger partial charge in [0.15, 0.2) is 0 Å². The second kappa shape index (κ2) is 6.65. The number of benzene rings is 1. The van der Waals surface area contributed by atoms with Crippen molar-refractivity contribution in [1.82, 2.24) is 9.55 Å². The zero-order valence-corrected chi connectivity index (χ0v) is 16.9. The highest BCUT2D eigenvalue weighted by atomic mass is 15.0. The first-order valence-electron chi connectivity index (χ1n) is 9.52. The van der Waals surface area contributed by atoms with Gasteiger partial charge in [-0.3, -0.25) is 0 Å². The van der Waals surface area contributed by atoms with Crippen LogP contribution in [0.3, 0.4) is 0 Å². The molecule has 2 aromatic heterocycles. The quantitative estimate of drug-likeness (QED) is 0.660. The lowest BCUT2D eigenvalue weighted by molar-refractivity contribution is 0.622. The highest BCUT2D eigenvalue weighted by Crippen LogP contribution is 2.44. The molecule has 4 rings (SSSR count). The Kier molecular flexibility index (Phi) is 4.25. The average molecular weight is 379 g/mol. The number of nitrogens with zero attached hydrogens (tertiary/aromatic N) is 4. The van der Waals surface area contributed by atoms with Crippen molar-refractivity contribution in [2.24, 2.45) is 0 Å². The zero-order chi connectivity index (χ0) is 20.9. The van der Waals surface area contributed by atoms with Gasteiger partial charge in [0, 0.05) is 34.3 Å². The van der Waals surface area contributed by atoms with Crippen LogP contribution in [-0.2, 0) is 0 Å². The van der Waals surface area contributed by atoms with Crippen molar-refractivity contribution < 1.29 is 0 Å². The normalized spacial score (nSPS) is 14.5. The van der Waals surface area contributed by atoms with E-state index in [1.807, 2.05) is 26.0 Å². The number of hydrogen-bond donors (Lipinski definition) is 1. The largest absolute Gasteiger partial charge is 0.383 e. The standard InChI is InChI=1S/C24H21N5/c1-13(2)29-12-16(17-7-5-6-8-21(17)29)9-18-14(3)19(10-25)23-22(18)15(4)20(11-26)24(27)28-23/h5-9,12-13H,1-4H3,(H2,27,28)/b18-9+. The lowest BCUT2D eigenvalue weighted by Gasteiger charge is -2.10. The van der Waals surface area contributed by atoms with Crippen molar-refractivity contribution in [3.63, 3.8) is 0 Å². The summed E-state index contributed by atoms with van der Waals surface area (Å²) < 4.78 is 2.25. The lowest BCUT2D eigenvalue weighted by Crippen LogP contribution is -2.03. The van der Waals surface area contributed by atoms with Crippen molar-refractivity contribution in [2.75, 3.05) is 5.73 Å². The number of para-hydroxylation sites is 1. The third-order valence-corrected chi connectivity index (χ3v) is 5.61. The Morgan fingerprint density at radius 2 is 1.86 bits per heavy atom. The Morgan fingerprint density at radius 3 is 2.52 bits per heavy atom. The number of nitrogens with two attached hydrogens (primary N) is 1. The van der Waals surface area contributed by atoms with Crippen LogP contribution in [0.1, 0.15) is 54.8 Å². The summed E-state index contributed by atoms with van der Waals surface area (Å²) in [5.74, 6) is 0.168. The van der Waals surface area contributed by atoms with E-state index in [0.29, 0.717) is 22.9 Å². The summed E-state index contributed by atoms with van der Waals surface area (Å²) in [6.45, 7) is 8.11. The highest BCUT2D eigenvalue weighted by Gasteiger charge is 2.29. The van der Waals surface area contributed by atoms with Crippen LogP contribution >= 0.6 is 0 Å². The number of anilines is 1. The molecule has 2 heterocycles. The summed E-state index contributed by atoms with van der Waals surface area (Å²) in [4.78, 5) is 4.40. The molecule has 1 aliphatic carbocycles. The van der Waals surface area contributed by atoms with E-state index < -0.39 is 0 Å². The second-order valence-corrected chi connectivity index (χ2v) is 7.60. The maximum absolute atomic E-state index is 9.74. The van der Waals surface area contributed by atoms with Crippen LogP contribution in [0.4, 0.5) is 5.82 Å². The Bertz CT molecular complexity index is 1320. The maximum Gasteiger partial charge on any atom is 0.142 e. The van der Waals surface area contributed by atoms with Gasteiger partial charge in [-0.15, -0.1) is 0 Å². The number of fused-ring (bicyclic) bond motifs is 2. The molecule has 0 atom stereocenters. The van der Waals surface area contributed by atoms with Crippen LogP contribution in [0.25, 0.3) is 28.1 Å². The van der Waals surface area contributed by atoms with Crippen molar-refractivity contribution >= 4 is 33.9 Å². The topological polar surface area (TPSA) is 91.4 Å². The number of aromatic nitrogens is 2. The molecule has 0 spiro atoms. The van der Waals surface area contributed by atoms with Crippen molar-refractivity contribution in [3.05, 3.63) is 64.0 Å². The Balaban J connectivity index is 2.05. The van der Waals surface area contributed by atoms with Gasteiger partial charge < -0.3 is 10.3 Å². The molecule has 1 aromatic carbocycles. The van der Waals surface area contributed by atoms with Gasteiger partial charge in [0.1, 0.15) is 18.0 Å². The summed E-state index contributed by atoms with van der Waals surface area (Å²) in [7, 11) is 0. The van der Waals surface area contributed by atoms with Crippen molar-refractivity contribution in [2.45, 2.75) is 33.7 Å². The Morgan fingerprint density at radius 1 is 1.14 bits per heavy atom. The minimum absolute atomic E-state index is 0.168. The molecular weight excluding hydrogens is 358 g/mol. The molecule has 0 radical (unpaired) electrons. The molecule has 0 amide bonds. The minimum Gasteiger partial charge on any atom is -0.383 e.